The van der Waals surface area contributed by atoms with E-state index in [4.69, 9.17) is 42.1 Å². The number of amides is 1. The van der Waals surface area contributed by atoms with Crippen LogP contribution < -0.4 is 24.4 Å². The molecule has 1 N–H and O–H groups in total. The van der Waals surface area contributed by atoms with Gasteiger partial charge < -0.3 is 18.9 Å². The van der Waals surface area contributed by atoms with E-state index in [0.29, 0.717) is 38.4 Å². The normalized spacial score (nSPS) is 11.6. The first-order valence-electron chi connectivity index (χ1n) is 10.3. The molecule has 0 fully saturated rings. The molecule has 0 aliphatic heterocycles. The van der Waals surface area contributed by atoms with Gasteiger partial charge in [-0.1, -0.05) is 23.2 Å². The summed E-state index contributed by atoms with van der Waals surface area (Å²) in [6.07, 6.45) is 0.553. The Balaban J connectivity index is 1.60. The van der Waals surface area contributed by atoms with Gasteiger partial charge in [0.15, 0.2) is 17.6 Å². The summed E-state index contributed by atoms with van der Waals surface area (Å²) in [6.45, 7) is 1.56. The van der Waals surface area contributed by atoms with E-state index in [9.17, 15) is 9.59 Å². The Labute approximate surface area is 212 Å². The summed E-state index contributed by atoms with van der Waals surface area (Å²) < 4.78 is 21.4. The maximum Gasteiger partial charge on any atom is 0.343 e. The average Bonchev–Trinajstić information content (AvgIpc) is 2.86. The maximum atomic E-state index is 12.4. The van der Waals surface area contributed by atoms with Gasteiger partial charge in [0.2, 0.25) is 0 Å². The summed E-state index contributed by atoms with van der Waals surface area (Å²) in [4.78, 5) is 24.7. The van der Waals surface area contributed by atoms with Gasteiger partial charge in [-0.3, -0.25) is 4.79 Å². The summed E-state index contributed by atoms with van der Waals surface area (Å²) in [7, 11) is 2.99. The molecule has 0 aliphatic carbocycles. The van der Waals surface area contributed by atoms with E-state index in [2.05, 4.69) is 10.5 Å². The first kappa shape index (κ1) is 25.9. The van der Waals surface area contributed by atoms with Gasteiger partial charge in [-0.15, -0.1) is 0 Å². The minimum Gasteiger partial charge on any atom is -0.497 e. The standard InChI is InChI=1S/C25H22Cl2N2O6/c1-15(34-21-11-7-18(26)13-20(21)27)24(30)29-28-14-16-4-10-22(23(12-16)33-3)35-25(31)17-5-8-19(32-2)9-6-17/h4-15H,1-3H3,(H,29,30). The first-order valence-corrected chi connectivity index (χ1v) is 11.0. The lowest BCUT2D eigenvalue weighted by atomic mass is 10.2. The van der Waals surface area contributed by atoms with E-state index in [1.54, 1.807) is 68.6 Å². The SMILES string of the molecule is COc1ccc(C(=O)Oc2ccc(C=NNC(=O)C(C)Oc3ccc(Cl)cc3Cl)cc2OC)cc1. The highest BCUT2D eigenvalue weighted by atomic mass is 35.5. The van der Waals surface area contributed by atoms with Crippen molar-refractivity contribution in [3.63, 3.8) is 0 Å². The number of methoxy groups -OCH3 is 2. The number of hydrogen-bond acceptors (Lipinski definition) is 7. The fourth-order valence-corrected chi connectivity index (χ4v) is 3.26. The molecule has 3 aromatic rings. The largest absolute Gasteiger partial charge is 0.497 e. The van der Waals surface area contributed by atoms with Crippen molar-refractivity contribution < 1.29 is 28.5 Å². The fourth-order valence-electron chi connectivity index (χ4n) is 2.81. The third-order valence-corrected chi connectivity index (χ3v) is 5.20. The molecule has 0 spiro atoms. The van der Waals surface area contributed by atoms with Crippen LogP contribution in [-0.2, 0) is 4.79 Å². The summed E-state index contributed by atoms with van der Waals surface area (Å²) in [5.74, 6) is 0.475. The second kappa shape index (κ2) is 12.1. The lowest BCUT2D eigenvalue weighted by Crippen LogP contribution is -2.33. The van der Waals surface area contributed by atoms with Crippen molar-refractivity contribution in [2.24, 2.45) is 5.10 Å². The van der Waals surface area contributed by atoms with Crippen LogP contribution in [-0.4, -0.2) is 38.4 Å². The zero-order chi connectivity index (χ0) is 25.4. The molecule has 0 aromatic heterocycles. The van der Waals surface area contributed by atoms with Crippen molar-refractivity contribution in [1.29, 1.82) is 0 Å². The monoisotopic (exact) mass is 516 g/mol. The number of rotatable bonds is 9. The van der Waals surface area contributed by atoms with Crippen molar-refractivity contribution in [3.05, 3.63) is 81.8 Å². The molecule has 3 aromatic carbocycles. The Morgan fingerprint density at radius 2 is 1.63 bits per heavy atom. The molecule has 10 heteroatoms. The first-order chi connectivity index (χ1) is 16.8. The van der Waals surface area contributed by atoms with Gasteiger partial charge in [0.05, 0.1) is 31.0 Å². The highest BCUT2D eigenvalue weighted by Gasteiger charge is 2.16. The molecular formula is C25H22Cl2N2O6. The van der Waals surface area contributed by atoms with E-state index in [1.165, 1.54) is 19.4 Å². The average molecular weight is 517 g/mol. The Morgan fingerprint density at radius 3 is 2.29 bits per heavy atom. The van der Waals surface area contributed by atoms with Gasteiger partial charge in [0.1, 0.15) is 11.5 Å². The van der Waals surface area contributed by atoms with Gasteiger partial charge in [-0.25, -0.2) is 10.2 Å². The highest BCUT2D eigenvalue weighted by Crippen LogP contribution is 2.29. The molecule has 35 heavy (non-hydrogen) atoms. The molecule has 1 amide bonds. The van der Waals surface area contributed by atoms with Gasteiger partial charge in [0, 0.05) is 5.02 Å². The third kappa shape index (κ3) is 7.11. The molecular weight excluding hydrogens is 495 g/mol. The van der Waals surface area contributed by atoms with Gasteiger partial charge >= 0.3 is 5.97 Å². The molecule has 0 heterocycles. The number of hydrogen-bond donors (Lipinski definition) is 1. The molecule has 0 bridgehead atoms. The van der Waals surface area contributed by atoms with Crippen LogP contribution in [0.3, 0.4) is 0 Å². The van der Waals surface area contributed by atoms with Crippen molar-refractivity contribution in [3.8, 4) is 23.0 Å². The van der Waals surface area contributed by atoms with Crippen molar-refractivity contribution in [2.45, 2.75) is 13.0 Å². The maximum absolute atomic E-state index is 12.4. The van der Waals surface area contributed by atoms with Crippen molar-refractivity contribution >= 4 is 41.3 Å². The van der Waals surface area contributed by atoms with E-state index in [-0.39, 0.29) is 5.75 Å². The highest BCUT2D eigenvalue weighted by molar-refractivity contribution is 6.35. The number of carbonyl (C=O) groups is 2. The molecule has 8 nitrogen and oxygen atoms in total. The zero-order valence-corrected chi connectivity index (χ0v) is 20.6. The third-order valence-electron chi connectivity index (χ3n) is 4.67. The molecule has 1 atom stereocenters. The second-order valence-corrected chi connectivity index (χ2v) is 7.94. The van der Waals surface area contributed by atoms with E-state index in [0.717, 1.165) is 0 Å². The van der Waals surface area contributed by atoms with Crippen LogP contribution in [0.15, 0.2) is 65.8 Å². The molecule has 1 unspecified atom stereocenters. The fraction of sp³-hybridized carbons (Fsp3) is 0.160. The molecule has 3 rings (SSSR count). The smallest absolute Gasteiger partial charge is 0.343 e. The summed E-state index contributed by atoms with van der Waals surface area (Å²) in [6, 6.07) is 16.1. The number of carbonyl (C=O) groups excluding carboxylic acids is 2. The number of ether oxygens (including phenoxy) is 4. The minimum atomic E-state index is -0.861. The number of esters is 1. The van der Waals surface area contributed by atoms with Crippen molar-refractivity contribution in [1.82, 2.24) is 5.43 Å². The van der Waals surface area contributed by atoms with E-state index in [1.807, 2.05) is 0 Å². The molecule has 182 valence electrons. The van der Waals surface area contributed by atoms with Crippen LogP contribution >= 0.6 is 23.2 Å². The van der Waals surface area contributed by atoms with Crippen LogP contribution in [0.2, 0.25) is 10.0 Å². The van der Waals surface area contributed by atoms with Gasteiger partial charge in [0.25, 0.3) is 5.91 Å². The number of hydrazone groups is 1. The predicted molar refractivity (Wildman–Crippen MR) is 133 cm³/mol. The summed E-state index contributed by atoms with van der Waals surface area (Å²) >= 11 is 11.9. The zero-order valence-electron chi connectivity index (χ0n) is 19.1. The molecule has 0 radical (unpaired) electrons. The van der Waals surface area contributed by atoms with E-state index < -0.39 is 18.0 Å². The molecule has 0 saturated heterocycles. The topological polar surface area (TPSA) is 95.5 Å². The van der Waals surface area contributed by atoms with Gasteiger partial charge in [-0.05, 0) is 73.2 Å². The molecule has 0 saturated carbocycles. The van der Waals surface area contributed by atoms with Crippen LogP contribution in [0, 0.1) is 0 Å². The van der Waals surface area contributed by atoms with E-state index >= 15 is 0 Å². The minimum absolute atomic E-state index is 0.233. The molecule has 0 aliphatic rings. The Bertz CT molecular complexity index is 1230. The second-order valence-electron chi connectivity index (χ2n) is 7.10. The number of halogens is 2. The van der Waals surface area contributed by atoms with Crippen LogP contribution in [0.1, 0.15) is 22.8 Å². The Hall–Kier alpha value is -3.75. The number of nitrogens with one attached hydrogen (secondary N) is 1. The van der Waals surface area contributed by atoms with Crippen LogP contribution in [0.4, 0.5) is 0 Å². The predicted octanol–water partition coefficient (Wildman–Crippen LogP) is 5.15. The van der Waals surface area contributed by atoms with Crippen LogP contribution in [0.25, 0.3) is 0 Å². The van der Waals surface area contributed by atoms with Gasteiger partial charge in [-0.2, -0.15) is 5.10 Å². The van der Waals surface area contributed by atoms with Crippen LogP contribution in [0.5, 0.6) is 23.0 Å². The number of benzene rings is 3. The Morgan fingerprint density at radius 1 is 0.914 bits per heavy atom. The lowest BCUT2D eigenvalue weighted by Gasteiger charge is -2.14. The summed E-state index contributed by atoms with van der Waals surface area (Å²) in [5, 5.41) is 4.69. The Kier molecular flexibility index (Phi) is 8.94. The quantitative estimate of drug-likeness (QED) is 0.183. The number of nitrogens with zero attached hydrogens (tertiary/aromatic N) is 1. The van der Waals surface area contributed by atoms with Crippen molar-refractivity contribution in [2.75, 3.05) is 14.2 Å². The lowest BCUT2D eigenvalue weighted by molar-refractivity contribution is -0.127. The summed E-state index contributed by atoms with van der Waals surface area (Å²) in [5.41, 5.74) is 3.35.